The summed E-state index contributed by atoms with van der Waals surface area (Å²) in [5.74, 6) is 0.339. The van der Waals surface area contributed by atoms with Gasteiger partial charge in [0.1, 0.15) is 11.5 Å². The smallest absolute Gasteiger partial charge is 0.278 e. The molecule has 1 amide bonds. The van der Waals surface area contributed by atoms with E-state index in [4.69, 9.17) is 9.47 Å². The molecule has 6 nitrogen and oxygen atoms in total. The number of ether oxygens (including phenoxy) is 2. The zero-order valence-corrected chi connectivity index (χ0v) is 17.6. The number of amides is 1. The highest BCUT2D eigenvalue weighted by Crippen LogP contribution is 2.26. The summed E-state index contributed by atoms with van der Waals surface area (Å²) >= 11 is 0. The molecule has 156 valence electrons. The third-order valence-corrected chi connectivity index (χ3v) is 6.27. The summed E-state index contributed by atoms with van der Waals surface area (Å²) in [5, 5.41) is 0. The number of rotatable bonds is 8. The summed E-state index contributed by atoms with van der Waals surface area (Å²) in [5.41, 5.74) is 1.34. The highest BCUT2D eigenvalue weighted by Gasteiger charge is 2.31. The Bertz CT molecular complexity index is 1080. The van der Waals surface area contributed by atoms with Gasteiger partial charge in [-0.05, 0) is 60.5 Å². The maximum absolute atomic E-state index is 13.2. The SMILES string of the molecule is CCc1ccc(OCC(=O)N(c2ccc(OC)cc2)S(=O)(=O)c2ccccc2)cc1. The molecule has 0 unspecified atom stereocenters. The lowest BCUT2D eigenvalue weighted by molar-refractivity contribution is -0.119. The van der Waals surface area contributed by atoms with Crippen LogP contribution in [-0.2, 0) is 21.2 Å². The molecule has 0 radical (unpaired) electrons. The van der Waals surface area contributed by atoms with Crippen molar-refractivity contribution in [2.75, 3.05) is 18.0 Å². The van der Waals surface area contributed by atoms with Crippen LogP contribution in [0.4, 0.5) is 5.69 Å². The van der Waals surface area contributed by atoms with E-state index in [1.54, 1.807) is 42.5 Å². The largest absolute Gasteiger partial charge is 0.497 e. The number of carbonyl (C=O) groups is 1. The molecule has 3 aromatic carbocycles. The molecule has 0 fully saturated rings. The monoisotopic (exact) mass is 425 g/mol. The van der Waals surface area contributed by atoms with E-state index in [2.05, 4.69) is 0 Å². The van der Waals surface area contributed by atoms with Gasteiger partial charge in [0.25, 0.3) is 15.9 Å². The first kappa shape index (κ1) is 21.4. The van der Waals surface area contributed by atoms with Gasteiger partial charge in [-0.2, -0.15) is 4.31 Å². The van der Waals surface area contributed by atoms with Crippen LogP contribution in [0.5, 0.6) is 11.5 Å². The Labute approximate surface area is 176 Å². The van der Waals surface area contributed by atoms with Crippen molar-refractivity contribution in [3.8, 4) is 11.5 Å². The Hall–Kier alpha value is -3.32. The molecule has 0 heterocycles. The third-order valence-electron chi connectivity index (χ3n) is 4.51. The Morgan fingerprint density at radius 1 is 0.867 bits per heavy atom. The van der Waals surface area contributed by atoms with Gasteiger partial charge in [-0.1, -0.05) is 37.3 Å². The van der Waals surface area contributed by atoms with E-state index < -0.39 is 22.5 Å². The zero-order valence-electron chi connectivity index (χ0n) is 16.8. The number of hydrogen-bond donors (Lipinski definition) is 0. The first-order chi connectivity index (χ1) is 14.5. The minimum Gasteiger partial charge on any atom is -0.497 e. The Morgan fingerprint density at radius 3 is 2.03 bits per heavy atom. The minimum atomic E-state index is -4.13. The van der Waals surface area contributed by atoms with Crippen molar-refractivity contribution in [1.29, 1.82) is 0 Å². The van der Waals surface area contributed by atoms with E-state index in [1.807, 2.05) is 19.1 Å². The van der Waals surface area contributed by atoms with Crippen molar-refractivity contribution < 1.29 is 22.7 Å². The molecule has 0 spiro atoms. The number of methoxy groups -OCH3 is 1. The number of aryl methyl sites for hydroxylation is 1. The normalized spacial score (nSPS) is 11.0. The second-order valence-corrected chi connectivity index (χ2v) is 8.25. The Kier molecular flexibility index (Phi) is 6.74. The number of hydrogen-bond acceptors (Lipinski definition) is 5. The van der Waals surface area contributed by atoms with Gasteiger partial charge in [0.15, 0.2) is 6.61 Å². The maximum atomic E-state index is 13.2. The molecule has 0 saturated heterocycles. The van der Waals surface area contributed by atoms with Crippen LogP contribution in [0.3, 0.4) is 0 Å². The molecular weight excluding hydrogens is 402 g/mol. The van der Waals surface area contributed by atoms with Gasteiger partial charge >= 0.3 is 0 Å². The quantitative estimate of drug-likeness (QED) is 0.544. The average molecular weight is 426 g/mol. The fraction of sp³-hybridized carbons (Fsp3) is 0.174. The highest BCUT2D eigenvalue weighted by atomic mass is 32.2. The topological polar surface area (TPSA) is 72.9 Å². The molecule has 0 aliphatic rings. The van der Waals surface area contributed by atoms with Gasteiger partial charge in [0.2, 0.25) is 0 Å². The predicted octanol–water partition coefficient (Wildman–Crippen LogP) is 4.06. The van der Waals surface area contributed by atoms with E-state index in [1.165, 1.54) is 31.4 Å². The van der Waals surface area contributed by atoms with Crippen LogP contribution in [0.25, 0.3) is 0 Å². The van der Waals surface area contributed by atoms with Gasteiger partial charge in [-0.25, -0.2) is 8.42 Å². The van der Waals surface area contributed by atoms with Gasteiger partial charge < -0.3 is 9.47 Å². The van der Waals surface area contributed by atoms with Gasteiger partial charge in [-0.15, -0.1) is 0 Å². The van der Waals surface area contributed by atoms with Crippen LogP contribution in [0, 0.1) is 0 Å². The summed E-state index contributed by atoms with van der Waals surface area (Å²) in [7, 11) is -2.61. The maximum Gasteiger partial charge on any atom is 0.278 e. The second kappa shape index (κ2) is 9.45. The van der Waals surface area contributed by atoms with Crippen molar-refractivity contribution in [1.82, 2.24) is 0 Å². The molecule has 0 aromatic heterocycles. The van der Waals surface area contributed by atoms with E-state index >= 15 is 0 Å². The third kappa shape index (κ3) is 4.80. The first-order valence-corrected chi connectivity index (χ1v) is 10.9. The fourth-order valence-electron chi connectivity index (χ4n) is 2.86. The summed E-state index contributed by atoms with van der Waals surface area (Å²) in [4.78, 5) is 13.0. The van der Waals surface area contributed by atoms with Crippen LogP contribution in [-0.4, -0.2) is 28.0 Å². The first-order valence-electron chi connectivity index (χ1n) is 9.44. The number of sulfonamides is 1. The minimum absolute atomic E-state index is 0.0152. The lowest BCUT2D eigenvalue weighted by Crippen LogP contribution is -2.40. The molecular formula is C23H23NO5S. The number of anilines is 1. The highest BCUT2D eigenvalue weighted by molar-refractivity contribution is 7.93. The molecule has 3 aromatic rings. The van der Waals surface area contributed by atoms with Crippen molar-refractivity contribution in [3.05, 3.63) is 84.4 Å². The molecule has 0 saturated carbocycles. The second-order valence-electron chi connectivity index (χ2n) is 6.46. The van der Waals surface area contributed by atoms with Gasteiger partial charge in [0, 0.05) is 0 Å². The van der Waals surface area contributed by atoms with Crippen molar-refractivity contribution in [3.63, 3.8) is 0 Å². The lowest BCUT2D eigenvalue weighted by atomic mass is 10.2. The molecule has 0 aliphatic heterocycles. The summed E-state index contributed by atoms with van der Waals surface area (Å²) < 4.78 is 37.9. The molecule has 0 atom stereocenters. The molecule has 30 heavy (non-hydrogen) atoms. The van der Waals surface area contributed by atoms with Crippen molar-refractivity contribution >= 4 is 21.6 Å². The van der Waals surface area contributed by atoms with Crippen molar-refractivity contribution in [2.24, 2.45) is 0 Å². The van der Waals surface area contributed by atoms with Crippen LogP contribution in [0.15, 0.2) is 83.8 Å². The van der Waals surface area contributed by atoms with E-state index in [9.17, 15) is 13.2 Å². The van der Waals surface area contributed by atoms with Crippen LogP contribution in [0.1, 0.15) is 12.5 Å². The van der Waals surface area contributed by atoms with E-state index in [0.29, 0.717) is 11.5 Å². The lowest BCUT2D eigenvalue weighted by Gasteiger charge is -2.23. The molecule has 0 aliphatic carbocycles. The van der Waals surface area contributed by atoms with E-state index in [-0.39, 0.29) is 10.6 Å². The number of benzene rings is 3. The van der Waals surface area contributed by atoms with Crippen LogP contribution < -0.4 is 13.8 Å². The fourth-order valence-corrected chi connectivity index (χ4v) is 4.29. The van der Waals surface area contributed by atoms with Crippen molar-refractivity contribution in [2.45, 2.75) is 18.2 Å². The van der Waals surface area contributed by atoms with E-state index in [0.717, 1.165) is 16.3 Å². The molecule has 0 N–H and O–H groups in total. The predicted molar refractivity (Wildman–Crippen MR) is 115 cm³/mol. The average Bonchev–Trinajstić information content (AvgIpc) is 2.79. The molecule has 3 rings (SSSR count). The Balaban J connectivity index is 1.90. The van der Waals surface area contributed by atoms with Crippen LogP contribution >= 0.6 is 0 Å². The van der Waals surface area contributed by atoms with Gasteiger partial charge in [0.05, 0.1) is 17.7 Å². The Morgan fingerprint density at radius 2 is 1.47 bits per heavy atom. The zero-order chi connectivity index (χ0) is 21.6. The summed E-state index contributed by atoms with van der Waals surface area (Å²) in [6.07, 6.45) is 0.889. The summed E-state index contributed by atoms with van der Waals surface area (Å²) in [6, 6.07) is 21.4. The van der Waals surface area contributed by atoms with Crippen LogP contribution in [0.2, 0.25) is 0 Å². The standard InChI is InChI=1S/C23H23NO5S/c1-3-18-9-13-21(14-10-18)29-17-23(25)24(19-11-15-20(28-2)16-12-19)30(26,27)22-7-5-4-6-8-22/h4-16H,3,17H2,1-2H3. The number of carbonyl (C=O) groups excluding carboxylic acids is 1. The van der Waals surface area contributed by atoms with Gasteiger partial charge in [-0.3, -0.25) is 4.79 Å². The summed E-state index contributed by atoms with van der Waals surface area (Å²) in [6.45, 7) is 1.62. The molecule has 0 bridgehead atoms. The molecule has 7 heteroatoms. The number of nitrogens with zero attached hydrogens (tertiary/aromatic N) is 1.